The third-order valence-electron chi connectivity index (χ3n) is 6.81. The number of hydrogen-bond donors (Lipinski definition) is 1. The summed E-state index contributed by atoms with van der Waals surface area (Å²) in [4.78, 5) is 26.9. The number of amides is 1. The van der Waals surface area contributed by atoms with Crippen molar-refractivity contribution in [3.05, 3.63) is 24.2 Å². The van der Waals surface area contributed by atoms with E-state index in [1.807, 2.05) is 17.0 Å². The van der Waals surface area contributed by atoms with E-state index in [1.54, 1.807) is 6.26 Å². The van der Waals surface area contributed by atoms with Crippen molar-refractivity contribution >= 4 is 11.9 Å². The maximum absolute atomic E-state index is 12.8. The van der Waals surface area contributed by atoms with E-state index in [2.05, 4.69) is 47.7 Å². The van der Waals surface area contributed by atoms with E-state index >= 15 is 0 Å². The van der Waals surface area contributed by atoms with Crippen LogP contribution in [0, 0.1) is 0 Å². The number of guanidine groups is 1. The van der Waals surface area contributed by atoms with Gasteiger partial charge < -0.3 is 19.5 Å². The van der Waals surface area contributed by atoms with Gasteiger partial charge in [-0.05, 0) is 51.9 Å². The van der Waals surface area contributed by atoms with Crippen LogP contribution in [0.2, 0.25) is 0 Å². The van der Waals surface area contributed by atoms with Crippen molar-refractivity contribution < 1.29 is 9.21 Å². The molecular formula is C24H42N6O2. The molecule has 8 heteroatoms. The van der Waals surface area contributed by atoms with E-state index in [0.717, 1.165) is 83.5 Å². The summed E-state index contributed by atoms with van der Waals surface area (Å²) in [5, 5.41) is 3.47. The number of likely N-dealkylation sites (N-methyl/N-ethyl adjacent to an activating group) is 1. The SMILES string of the molecule is CCNC(=NCC(c1ccco1)N(CC)CC)N1CCN(C(C)C(=O)N2CCCC2)CC1. The smallest absolute Gasteiger partial charge is 0.239 e. The van der Waals surface area contributed by atoms with Crippen molar-refractivity contribution in [3.8, 4) is 0 Å². The molecule has 3 heterocycles. The highest BCUT2D eigenvalue weighted by atomic mass is 16.3. The zero-order chi connectivity index (χ0) is 22.9. The molecule has 0 bridgehead atoms. The fraction of sp³-hybridized carbons (Fsp3) is 0.750. The van der Waals surface area contributed by atoms with Gasteiger partial charge in [0.15, 0.2) is 5.96 Å². The third kappa shape index (κ3) is 6.04. The van der Waals surface area contributed by atoms with Gasteiger partial charge in [-0.3, -0.25) is 19.6 Å². The lowest BCUT2D eigenvalue weighted by Crippen LogP contribution is -2.57. The van der Waals surface area contributed by atoms with Gasteiger partial charge in [0.25, 0.3) is 0 Å². The first-order valence-corrected chi connectivity index (χ1v) is 12.4. The fourth-order valence-electron chi connectivity index (χ4n) is 4.81. The van der Waals surface area contributed by atoms with Crippen LogP contribution in [0.5, 0.6) is 0 Å². The summed E-state index contributed by atoms with van der Waals surface area (Å²) in [6.07, 6.45) is 4.02. The molecule has 180 valence electrons. The normalized spacial score (nSPS) is 20.1. The van der Waals surface area contributed by atoms with Gasteiger partial charge >= 0.3 is 0 Å². The quantitative estimate of drug-likeness (QED) is 0.464. The van der Waals surface area contributed by atoms with E-state index in [9.17, 15) is 4.79 Å². The van der Waals surface area contributed by atoms with Crippen molar-refractivity contribution in [1.29, 1.82) is 0 Å². The Hall–Kier alpha value is -2.06. The second-order valence-electron chi connectivity index (χ2n) is 8.68. The van der Waals surface area contributed by atoms with Gasteiger partial charge in [-0.25, -0.2) is 0 Å². The second kappa shape index (κ2) is 12.3. The number of nitrogens with one attached hydrogen (secondary N) is 1. The summed E-state index contributed by atoms with van der Waals surface area (Å²) in [6, 6.07) is 4.09. The maximum Gasteiger partial charge on any atom is 0.239 e. The Bertz CT molecular complexity index is 704. The van der Waals surface area contributed by atoms with Gasteiger partial charge in [-0.2, -0.15) is 0 Å². The van der Waals surface area contributed by atoms with Crippen LogP contribution in [-0.2, 0) is 4.79 Å². The average molecular weight is 447 g/mol. The summed E-state index contributed by atoms with van der Waals surface area (Å²) in [5.74, 6) is 2.21. The monoisotopic (exact) mass is 446 g/mol. The number of piperazine rings is 1. The van der Waals surface area contributed by atoms with Gasteiger partial charge in [0.2, 0.25) is 5.91 Å². The molecule has 0 aliphatic carbocycles. The zero-order valence-electron chi connectivity index (χ0n) is 20.4. The Morgan fingerprint density at radius 2 is 1.78 bits per heavy atom. The second-order valence-corrected chi connectivity index (χ2v) is 8.68. The number of rotatable bonds is 9. The molecule has 8 nitrogen and oxygen atoms in total. The topological polar surface area (TPSA) is 67.6 Å². The largest absolute Gasteiger partial charge is 0.468 e. The Kier molecular flexibility index (Phi) is 9.41. The standard InChI is InChI=1S/C24H42N6O2/c1-5-25-24(26-19-21(27(6-2)7-3)22-11-10-18-32-22)30-16-14-28(15-17-30)20(4)23(31)29-12-8-9-13-29/h10-11,18,20-21H,5-9,12-17,19H2,1-4H3,(H,25,26). The Balaban J connectivity index is 1.61. The van der Waals surface area contributed by atoms with Gasteiger partial charge in [-0.1, -0.05) is 13.8 Å². The minimum Gasteiger partial charge on any atom is -0.468 e. The molecule has 32 heavy (non-hydrogen) atoms. The molecule has 2 saturated heterocycles. The highest BCUT2D eigenvalue weighted by Crippen LogP contribution is 2.22. The molecule has 3 rings (SSSR count). The summed E-state index contributed by atoms with van der Waals surface area (Å²) in [5.41, 5.74) is 0. The van der Waals surface area contributed by atoms with Crippen LogP contribution in [0.15, 0.2) is 27.8 Å². The lowest BCUT2D eigenvalue weighted by molar-refractivity contribution is -0.135. The van der Waals surface area contributed by atoms with Crippen molar-refractivity contribution in [3.63, 3.8) is 0 Å². The lowest BCUT2D eigenvalue weighted by Gasteiger charge is -2.39. The van der Waals surface area contributed by atoms with Crippen LogP contribution in [0.4, 0.5) is 0 Å². The molecule has 0 spiro atoms. The lowest BCUT2D eigenvalue weighted by atomic mass is 10.2. The van der Waals surface area contributed by atoms with Crippen LogP contribution in [0.3, 0.4) is 0 Å². The average Bonchev–Trinajstić information content (AvgIpc) is 3.55. The van der Waals surface area contributed by atoms with Crippen LogP contribution in [-0.4, -0.2) is 103 Å². The number of aliphatic imine (C=N–C) groups is 1. The van der Waals surface area contributed by atoms with E-state index in [-0.39, 0.29) is 18.0 Å². The molecule has 1 aromatic heterocycles. The molecule has 2 atom stereocenters. The first kappa shape index (κ1) is 24.6. The zero-order valence-corrected chi connectivity index (χ0v) is 20.4. The van der Waals surface area contributed by atoms with Gasteiger partial charge in [0.1, 0.15) is 5.76 Å². The molecule has 1 N–H and O–H groups in total. The van der Waals surface area contributed by atoms with Crippen molar-refractivity contribution in [2.75, 3.05) is 65.4 Å². The Morgan fingerprint density at radius 3 is 2.34 bits per heavy atom. The van der Waals surface area contributed by atoms with Crippen LogP contribution >= 0.6 is 0 Å². The van der Waals surface area contributed by atoms with Crippen LogP contribution in [0.1, 0.15) is 52.3 Å². The summed E-state index contributed by atoms with van der Waals surface area (Å²) >= 11 is 0. The maximum atomic E-state index is 12.8. The number of hydrogen-bond acceptors (Lipinski definition) is 5. The predicted molar refractivity (Wildman–Crippen MR) is 129 cm³/mol. The van der Waals surface area contributed by atoms with Crippen LogP contribution in [0.25, 0.3) is 0 Å². The molecule has 0 aromatic carbocycles. The number of likely N-dealkylation sites (tertiary alicyclic amines) is 1. The minimum atomic E-state index is -0.0410. The van der Waals surface area contributed by atoms with Gasteiger partial charge in [0, 0.05) is 45.8 Å². The van der Waals surface area contributed by atoms with E-state index in [1.165, 1.54) is 0 Å². The molecular weight excluding hydrogens is 404 g/mol. The van der Waals surface area contributed by atoms with E-state index in [4.69, 9.17) is 9.41 Å². The van der Waals surface area contributed by atoms with Crippen molar-refractivity contribution in [2.45, 2.75) is 52.6 Å². The number of nitrogens with zero attached hydrogens (tertiary/aromatic N) is 5. The first-order chi connectivity index (χ1) is 15.6. The Morgan fingerprint density at radius 1 is 1.09 bits per heavy atom. The minimum absolute atomic E-state index is 0.0410. The molecule has 0 radical (unpaired) electrons. The highest BCUT2D eigenvalue weighted by molar-refractivity contribution is 5.82. The van der Waals surface area contributed by atoms with Gasteiger partial charge in [0.05, 0.1) is 24.9 Å². The summed E-state index contributed by atoms with van der Waals surface area (Å²) < 4.78 is 5.74. The Labute approximate surface area is 193 Å². The molecule has 2 unspecified atom stereocenters. The summed E-state index contributed by atoms with van der Waals surface area (Å²) in [6.45, 7) is 17.3. The van der Waals surface area contributed by atoms with E-state index < -0.39 is 0 Å². The highest BCUT2D eigenvalue weighted by Gasteiger charge is 2.30. The first-order valence-electron chi connectivity index (χ1n) is 12.4. The fourth-order valence-corrected chi connectivity index (χ4v) is 4.81. The molecule has 2 fully saturated rings. The van der Waals surface area contributed by atoms with Crippen molar-refractivity contribution in [1.82, 2.24) is 24.9 Å². The molecule has 2 aliphatic rings. The summed E-state index contributed by atoms with van der Waals surface area (Å²) in [7, 11) is 0. The van der Waals surface area contributed by atoms with E-state index in [0.29, 0.717) is 6.54 Å². The van der Waals surface area contributed by atoms with Crippen molar-refractivity contribution in [2.24, 2.45) is 4.99 Å². The van der Waals surface area contributed by atoms with Gasteiger partial charge in [-0.15, -0.1) is 0 Å². The number of carbonyl (C=O) groups is 1. The molecule has 2 aliphatic heterocycles. The number of furan rings is 1. The molecule has 0 saturated carbocycles. The molecule has 1 aromatic rings. The van der Waals surface area contributed by atoms with Crippen LogP contribution < -0.4 is 5.32 Å². The number of carbonyl (C=O) groups excluding carboxylic acids is 1. The third-order valence-corrected chi connectivity index (χ3v) is 6.81. The predicted octanol–water partition coefficient (Wildman–Crippen LogP) is 2.26. The molecule has 1 amide bonds.